The average Bonchev–Trinajstić information content (AvgIpc) is 2.77. The standard InChI is InChI=1S/C12H8BrClN2O2S/c13-8-5-6(14)1-2-7(8)9-3-4-10(18-9)11(17)16-12(15)19/h1-5H,(H3,15,16,17,19). The van der Waals surface area contributed by atoms with Crippen molar-refractivity contribution in [1.82, 2.24) is 5.32 Å². The molecule has 1 aromatic heterocycles. The van der Waals surface area contributed by atoms with Crippen molar-refractivity contribution in [3.8, 4) is 11.3 Å². The van der Waals surface area contributed by atoms with E-state index in [0.717, 1.165) is 10.0 Å². The molecule has 3 N–H and O–H groups in total. The normalized spacial score (nSPS) is 10.2. The number of nitrogens with two attached hydrogens (primary N) is 1. The lowest BCUT2D eigenvalue weighted by molar-refractivity contribution is 0.0951. The first kappa shape index (κ1) is 14.0. The molecule has 0 saturated carbocycles. The molecule has 98 valence electrons. The Bertz CT molecular complexity index is 657. The number of amides is 1. The molecule has 0 aliphatic carbocycles. The van der Waals surface area contributed by atoms with Gasteiger partial charge in [-0.3, -0.25) is 10.1 Å². The van der Waals surface area contributed by atoms with E-state index in [1.165, 1.54) is 0 Å². The molecule has 0 aliphatic heterocycles. The predicted octanol–water partition coefficient (Wildman–Crippen LogP) is 3.34. The number of carbonyl (C=O) groups is 1. The molecule has 7 heteroatoms. The Morgan fingerprint density at radius 2 is 2.11 bits per heavy atom. The van der Waals surface area contributed by atoms with Crippen molar-refractivity contribution in [2.75, 3.05) is 0 Å². The predicted molar refractivity (Wildman–Crippen MR) is 81.1 cm³/mol. The van der Waals surface area contributed by atoms with Crippen LogP contribution in [0.1, 0.15) is 10.6 Å². The number of carbonyl (C=O) groups excluding carboxylic acids is 1. The van der Waals surface area contributed by atoms with E-state index in [1.54, 1.807) is 30.3 Å². The molecular weight excluding hydrogens is 352 g/mol. The van der Waals surface area contributed by atoms with Gasteiger partial charge in [-0.05, 0) is 58.5 Å². The second-order valence-electron chi connectivity index (χ2n) is 3.61. The Morgan fingerprint density at radius 3 is 2.74 bits per heavy atom. The SMILES string of the molecule is NC(=S)NC(=O)c1ccc(-c2ccc(Cl)cc2Br)o1. The van der Waals surface area contributed by atoms with Crippen LogP contribution in [0.3, 0.4) is 0 Å². The molecule has 0 unspecified atom stereocenters. The van der Waals surface area contributed by atoms with Gasteiger partial charge in [-0.15, -0.1) is 0 Å². The maximum atomic E-state index is 11.6. The molecule has 2 aromatic rings. The summed E-state index contributed by atoms with van der Waals surface area (Å²) in [6.45, 7) is 0. The third-order valence-corrected chi connectivity index (χ3v) is 3.26. The van der Waals surface area contributed by atoms with Crippen LogP contribution < -0.4 is 11.1 Å². The van der Waals surface area contributed by atoms with Gasteiger partial charge in [-0.25, -0.2) is 0 Å². The molecule has 0 aliphatic rings. The van der Waals surface area contributed by atoms with Crippen LogP contribution in [0.15, 0.2) is 39.2 Å². The summed E-state index contributed by atoms with van der Waals surface area (Å²) >= 11 is 13.8. The summed E-state index contributed by atoms with van der Waals surface area (Å²) in [5.74, 6) is 0.185. The Morgan fingerprint density at radius 1 is 1.37 bits per heavy atom. The quantitative estimate of drug-likeness (QED) is 0.807. The number of halogens is 2. The highest BCUT2D eigenvalue weighted by Crippen LogP contribution is 2.31. The van der Waals surface area contributed by atoms with E-state index in [0.29, 0.717) is 10.8 Å². The van der Waals surface area contributed by atoms with Crippen molar-refractivity contribution >= 4 is 50.8 Å². The number of rotatable bonds is 2. The van der Waals surface area contributed by atoms with Gasteiger partial charge in [0.1, 0.15) is 5.76 Å². The van der Waals surface area contributed by atoms with Crippen molar-refractivity contribution in [1.29, 1.82) is 0 Å². The van der Waals surface area contributed by atoms with Gasteiger partial charge >= 0.3 is 0 Å². The van der Waals surface area contributed by atoms with E-state index < -0.39 is 5.91 Å². The second-order valence-corrected chi connectivity index (χ2v) is 5.34. The van der Waals surface area contributed by atoms with Crippen LogP contribution in [0.2, 0.25) is 5.02 Å². The Hall–Kier alpha value is -1.37. The maximum absolute atomic E-state index is 11.6. The summed E-state index contributed by atoms with van der Waals surface area (Å²) in [5, 5.41) is 2.80. The second kappa shape index (κ2) is 5.73. The zero-order valence-electron chi connectivity index (χ0n) is 9.44. The van der Waals surface area contributed by atoms with Gasteiger partial charge in [-0.2, -0.15) is 0 Å². The lowest BCUT2D eigenvalue weighted by Gasteiger charge is -2.02. The maximum Gasteiger partial charge on any atom is 0.293 e. The van der Waals surface area contributed by atoms with Crippen LogP contribution in [0.4, 0.5) is 0 Å². The van der Waals surface area contributed by atoms with Gasteiger partial charge in [0.25, 0.3) is 5.91 Å². The third kappa shape index (κ3) is 3.34. The Labute approximate surface area is 128 Å². The first-order valence-corrected chi connectivity index (χ1v) is 6.71. The topological polar surface area (TPSA) is 68.3 Å². The van der Waals surface area contributed by atoms with E-state index >= 15 is 0 Å². The zero-order valence-corrected chi connectivity index (χ0v) is 12.6. The molecule has 0 saturated heterocycles. The summed E-state index contributed by atoms with van der Waals surface area (Å²) < 4.78 is 6.23. The van der Waals surface area contributed by atoms with Crippen molar-refractivity contribution in [3.05, 3.63) is 45.6 Å². The molecule has 0 atom stereocenters. The van der Waals surface area contributed by atoms with E-state index in [-0.39, 0.29) is 10.9 Å². The summed E-state index contributed by atoms with van der Waals surface area (Å²) in [6.07, 6.45) is 0. The molecule has 1 amide bonds. The molecule has 1 aromatic carbocycles. The lowest BCUT2D eigenvalue weighted by Crippen LogP contribution is -2.34. The van der Waals surface area contributed by atoms with E-state index in [2.05, 4.69) is 33.5 Å². The van der Waals surface area contributed by atoms with Gasteiger partial charge in [0.15, 0.2) is 10.9 Å². The molecule has 4 nitrogen and oxygen atoms in total. The van der Waals surface area contributed by atoms with Gasteiger partial charge in [0.2, 0.25) is 0 Å². The largest absolute Gasteiger partial charge is 0.451 e. The minimum Gasteiger partial charge on any atom is -0.451 e. The molecule has 2 rings (SSSR count). The minimum absolute atomic E-state index is 0.101. The van der Waals surface area contributed by atoms with Crippen molar-refractivity contribution in [3.63, 3.8) is 0 Å². The number of benzene rings is 1. The fourth-order valence-electron chi connectivity index (χ4n) is 1.47. The van der Waals surface area contributed by atoms with Crippen molar-refractivity contribution in [2.24, 2.45) is 5.73 Å². The summed E-state index contributed by atoms with van der Waals surface area (Å²) in [6, 6.07) is 8.50. The first-order valence-electron chi connectivity index (χ1n) is 5.13. The van der Waals surface area contributed by atoms with Crippen LogP contribution >= 0.6 is 39.7 Å². The molecule has 0 radical (unpaired) electrons. The molecule has 1 heterocycles. The summed E-state index contributed by atoms with van der Waals surface area (Å²) in [5.41, 5.74) is 6.02. The number of furan rings is 1. The number of nitrogens with one attached hydrogen (secondary N) is 1. The number of hydrogen-bond acceptors (Lipinski definition) is 3. The zero-order chi connectivity index (χ0) is 14.0. The fourth-order valence-corrected chi connectivity index (χ4v) is 2.44. The fraction of sp³-hybridized carbons (Fsp3) is 0. The van der Waals surface area contributed by atoms with Crippen LogP contribution in [0.5, 0.6) is 0 Å². The Kier molecular flexibility index (Phi) is 4.24. The average molecular weight is 360 g/mol. The van der Waals surface area contributed by atoms with Crippen molar-refractivity contribution < 1.29 is 9.21 Å². The molecule has 0 bridgehead atoms. The van der Waals surface area contributed by atoms with E-state index in [1.807, 2.05) is 0 Å². The molecule has 19 heavy (non-hydrogen) atoms. The van der Waals surface area contributed by atoms with Crippen LogP contribution in [0, 0.1) is 0 Å². The number of hydrogen-bond donors (Lipinski definition) is 2. The lowest BCUT2D eigenvalue weighted by atomic mass is 10.2. The molecule has 0 spiro atoms. The first-order chi connectivity index (χ1) is 8.97. The highest BCUT2D eigenvalue weighted by molar-refractivity contribution is 9.10. The van der Waals surface area contributed by atoms with Gasteiger partial charge in [0, 0.05) is 15.1 Å². The molecule has 0 fully saturated rings. The van der Waals surface area contributed by atoms with Gasteiger partial charge < -0.3 is 10.2 Å². The van der Waals surface area contributed by atoms with E-state index in [9.17, 15) is 4.79 Å². The summed E-state index contributed by atoms with van der Waals surface area (Å²) in [7, 11) is 0. The van der Waals surface area contributed by atoms with Gasteiger partial charge in [-0.1, -0.05) is 11.6 Å². The van der Waals surface area contributed by atoms with E-state index in [4.69, 9.17) is 21.8 Å². The highest BCUT2D eigenvalue weighted by Gasteiger charge is 2.14. The smallest absolute Gasteiger partial charge is 0.293 e. The monoisotopic (exact) mass is 358 g/mol. The highest BCUT2D eigenvalue weighted by atomic mass is 79.9. The minimum atomic E-state index is -0.483. The summed E-state index contributed by atoms with van der Waals surface area (Å²) in [4.78, 5) is 11.6. The Balaban J connectivity index is 2.30. The third-order valence-electron chi connectivity index (χ3n) is 2.26. The van der Waals surface area contributed by atoms with Crippen LogP contribution in [0.25, 0.3) is 11.3 Å². The van der Waals surface area contributed by atoms with Gasteiger partial charge in [0.05, 0.1) is 0 Å². The number of thiocarbonyl (C=S) groups is 1. The van der Waals surface area contributed by atoms with Crippen molar-refractivity contribution in [2.45, 2.75) is 0 Å². The van der Waals surface area contributed by atoms with Crippen LogP contribution in [-0.4, -0.2) is 11.0 Å². The molecular formula is C12H8BrClN2O2S. The van der Waals surface area contributed by atoms with Crippen LogP contribution in [-0.2, 0) is 0 Å².